The Kier molecular flexibility index (Phi) is 27.0. The van der Waals surface area contributed by atoms with Gasteiger partial charge in [0.15, 0.2) is 56.7 Å². The first-order chi connectivity index (χ1) is 35.7. The van der Waals surface area contributed by atoms with Crippen molar-refractivity contribution in [3.05, 3.63) is 81.4 Å². The zero-order chi connectivity index (χ0) is 53.5. The molecule has 4 aromatic rings. The Morgan fingerprint density at radius 1 is 0.581 bits per heavy atom. The van der Waals surface area contributed by atoms with E-state index in [1.807, 2.05) is 48.5 Å². The van der Waals surface area contributed by atoms with Crippen LogP contribution in [0.4, 0.5) is 28.1 Å². The number of hydrogen-bond donors (Lipinski definition) is 8. The molecule has 0 aliphatic rings. The second-order valence-electron chi connectivity index (χ2n) is 16.5. The summed E-state index contributed by atoms with van der Waals surface area (Å²) in [6.07, 6.45) is 8.08. The molecule has 2 aromatic carbocycles. The minimum atomic E-state index is -0.691. The van der Waals surface area contributed by atoms with Crippen LogP contribution in [0.25, 0.3) is 0 Å². The highest BCUT2D eigenvalue weighted by atomic mass is 35.5. The lowest BCUT2D eigenvalue weighted by Crippen LogP contribution is -2.38. The summed E-state index contributed by atoms with van der Waals surface area (Å²) in [5.74, 6) is -0.455. The summed E-state index contributed by atoms with van der Waals surface area (Å²) in [6, 6.07) is 15.6. The maximum absolute atomic E-state index is 12.5. The van der Waals surface area contributed by atoms with Gasteiger partial charge in [0.1, 0.15) is 37.9 Å². The van der Waals surface area contributed by atoms with E-state index in [-0.39, 0.29) is 96.2 Å². The molecule has 0 saturated heterocycles. The summed E-state index contributed by atoms with van der Waals surface area (Å²) in [7, 11) is 0. The number of ketones is 1. The first kappa shape index (κ1) is 59.5. The molecule has 23 nitrogen and oxygen atoms in total. The number of unbranched alkanes of at least 4 members (excludes halogenated alkanes) is 5. The van der Waals surface area contributed by atoms with Crippen LogP contribution in [-0.4, -0.2) is 121 Å². The van der Waals surface area contributed by atoms with Crippen LogP contribution in [0.5, 0.6) is 11.5 Å². The number of carbonyl (C=O) groups is 4. The zero-order valence-corrected chi connectivity index (χ0v) is 42.9. The quantitative estimate of drug-likeness (QED) is 0.00902. The van der Waals surface area contributed by atoms with Gasteiger partial charge in [0.2, 0.25) is 0 Å². The van der Waals surface area contributed by atoms with E-state index in [0.717, 1.165) is 62.7 Å². The van der Waals surface area contributed by atoms with E-state index >= 15 is 0 Å². The van der Waals surface area contributed by atoms with Gasteiger partial charge in [-0.3, -0.25) is 24.7 Å². The number of aliphatic imine (C=N–C) groups is 1. The van der Waals surface area contributed by atoms with Crippen LogP contribution in [0.2, 0.25) is 10.3 Å². The summed E-state index contributed by atoms with van der Waals surface area (Å²) in [5.41, 5.74) is 30.7. The topological polar surface area (TPSA) is 366 Å². The lowest BCUT2D eigenvalue weighted by molar-refractivity contribution is -0.145. The fraction of sp³-hybridized carbons (Fsp3) is 0.469. The van der Waals surface area contributed by atoms with E-state index in [9.17, 15) is 19.2 Å². The Morgan fingerprint density at radius 2 is 1.09 bits per heavy atom. The molecule has 0 bridgehead atoms. The smallest absolute Gasteiger partial charge is 0.407 e. The predicted molar refractivity (Wildman–Crippen MR) is 282 cm³/mol. The summed E-state index contributed by atoms with van der Waals surface area (Å²) >= 11 is 11.7. The van der Waals surface area contributed by atoms with Gasteiger partial charge < -0.3 is 67.8 Å². The van der Waals surface area contributed by atoms with Crippen molar-refractivity contribution in [3.63, 3.8) is 0 Å². The van der Waals surface area contributed by atoms with Crippen molar-refractivity contribution >= 4 is 81.9 Å². The van der Waals surface area contributed by atoms with Crippen molar-refractivity contribution in [2.75, 3.05) is 88.9 Å². The van der Waals surface area contributed by atoms with Crippen LogP contribution in [-0.2, 0) is 36.6 Å². The highest BCUT2D eigenvalue weighted by Gasteiger charge is 2.19. The molecule has 0 spiro atoms. The highest BCUT2D eigenvalue weighted by Crippen LogP contribution is 2.21. The van der Waals surface area contributed by atoms with Gasteiger partial charge in [-0.15, -0.1) is 0 Å². The maximum atomic E-state index is 12.5. The molecular weight excluding hydrogens is 1000 g/mol. The summed E-state index contributed by atoms with van der Waals surface area (Å²) in [6.45, 7) is 2.90. The number of nitrogens with two attached hydrogens (primary N) is 5. The Labute approximate surface area is 439 Å². The third-order valence-corrected chi connectivity index (χ3v) is 11.2. The molecule has 402 valence electrons. The Morgan fingerprint density at radius 3 is 1.70 bits per heavy atom. The SMILES string of the molecule is N=C(CCCCCc1ccc(OCCOCCOC(=O)NCCCCCC(=O)OCCOCCOc2ccc(CCCCN=C(N)NC(=O)c3nc(Cl)c(N)nc3N)cc2)cc1)CC(=O)c1nc(Cl)c(N)nc1N. The number of nitrogens with one attached hydrogen (secondary N) is 3. The molecule has 0 atom stereocenters. The first-order valence-electron chi connectivity index (χ1n) is 24.2. The number of guanidine groups is 1. The molecule has 0 aliphatic heterocycles. The summed E-state index contributed by atoms with van der Waals surface area (Å²) < 4.78 is 32.9. The summed E-state index contributed by atoms with van der Waals surface area (Å²) in [4.78, 5) is 68.4. The first-order valence-corrected chi connectivity index (χ1v) is 25.0. The number of benzene rings is 2. The number of rotatable bonds is 35. The van der Waals surface area contributed by atoms with Crippen molar-refractivity contribution in [2.24, 2.45) is 10.7 Å². The van der Waals surface area contributed by atoms with E-state index < -0.39 is 17.8 Å². The molecule has 0 aliphatic carbocycles. The number of Topliss-reactive ketones (excluding diaryl/α,β-unsaturated/α-hetero) is 1. The number of ether oxygens (including phenoxy) is 6. The Bertz CT molecular complexity index is 2450. The van der Waals surface area contributed by atoms with Gasteiger partial charge in [-0.2, -0.15) is 0 Å². The number of aromatic nitrogens is 4. The van der Waals surface area contributed by atoms with Crippen molar-refractivity contribution in [1.82, 2.24) is 30.6 Å². The fourth-order valence-corrected chi connectivity index (χ4v) is 7.01. The number of anilines is 4. The number of hydrogen-bond acceptors (Lipinski definition) is 20. The molecule has 2 heterocycles. The second kappa shape index (κ2) is 33.6. The number of halogens is 2. The number of carbonyl (C=O) groups excluding carboxylic acids is 4. The average Bonchev–Trinajstić information content (AvgIpc) is 3.37. The van der Waals surface area contributed by atoms with Crippen LogP contribution in [0.1, 0.15) is 103 Å². The lowest BCUT2D eigenvalue weighted by atomic mass is 10.0. The molecule has 4 rings (SSSR count). The van der Waals surface area contributed by atoms with Gasteiger partial charge in [0.25, 0.3) is 5.91 Å². The number of nitrogen functional groups attached to an aromatic ring is 4. The molecule has 13 N–H and O–H groups in total. The van der Waals surface area contributed by atoms with Crippen LogP contribution in [0.15, 0.2) is 53.5 Å². The highest BCUT2D eigenvalue weighted by molar-refractivity contribution is 6.32. The monoisotopic (exact) mass is 1070 g/mol. The van der Waals surface area contributed by atoms with Gasteiger partial charge in [-0.05, 0) is 93.2 Å². The number of esters is 1. The van der Waals surface area contributed by atoms with E-state index in [4.69, 9.17) is 85.7 Å². The molecule has 0 fully saturated rings. The lowest BCUT2D eigenvalue weighted by Gasteiger charge is -2.10. The molecule has 74 heavy (non-hydrogen) atoms. The largest absolute Gasteiger partial charge is 0.491 e. The minimum absolute atomic E-state index is 0.0473. The van der Waals surface area contributed by atoms with Crippen molar-refractivity contribution < 1.29 is 47.6 Å². The van der Waals surface area contributed by atoms with Gasteiger partial charge in [0.05, 0.1) is 32.8 Å². The van der Waals surface area contributed by atoms with E-state index in [2.05, 4.69) is 35.6 Å². The van der Waals surface area contributed by atoms with Gasteiger partial charge in [-0.1, -0.05) is 60.3 Å². The van der Waals surface area contributed by atoms with Gasteiger partial charge in [-0.25, -0.2) is 24.7 Å². The normalized spacial score (nSPS) is 11.2. The van der Waals surface area contributed by atoms with Crippen LogP contribution >= 0.6 is 23.2 Å². The standard InChI is InChI=1S/C49H67Cl2N13O10/c50-41-45(55)62-43(53)39(60-41)37(65)31-34(52)11-4-1-3-9-32-13-17-35(18-14-32)72-28-24-70-26-30-74-49(68)59-22-7-2-5-12-38(66)73-29-25-69-23-27-71-36-19-15-33(16-20-36)10-6-8-21-58-48(57)64-47(67)40-44(54)63-46(56)42(51)61-40/h13-20,52H,1-12,21-31H2,(H,59,68)(H4,53,55,62)(H4,54,56,63)(H3,57,58,64,67). The molecule has 2 amide bonds. The molecule has 0 radical (unpaired) electrons. The van der Waals surface area contributed by atoms with Crippen LogP contribution in [0.3, 0.4) is 0 Å². The number of aryl methyl sites for hydroxylation is 2. The van der Waals surface area contributed by atoms with E-state index in [1.54, 1.807) is 0 Å². The van der Waals surface area contributed by atoms with Crippen molar-refractivity contribution in [3.8, 4) is 11.5 Å². The Balaban J connectivity index is 0.877. The Hall–Kier alpha value is -7.08. The van der Waals surface area contributed by atoms with Crippen LogP contribution < -0.4 is 48.8 Å². The third-order valence-electron chi connectivity index (χ3n) is 10.6. The van der Waals surface area contributed by atoms with Gasteiger partial charge >= 0.3 is 12.1 Å². The van der Waals surface area contributed by atoms with Crippen molar-refractivity contribution in [1.29, 1.82) is 5.41 Å². The van der Waals surface area contributed by atoms with Crippen molar-refractivity contribution in [2.45, 2.75) is 83.5 Å². The molecule has 25 heteroatoms. The summed E-state index contributed by atoms with van der Waals surface area (Å²) in [5, 5.41) is 13.0. The van der Waals surface area contributed by atoms with E-state index in [0.29, 0.717) is 70.2 Å². The number of alkyl carbamates (subject to hydrolysis) is 1. The molecular formula is C49H67Cl2N13O10. The molecule has 2 aromatic heterocycles. The average molecular weight is 1070 g/mol. The predicted octanol–water partition coefficient (Wildman–Crippen LogP) is 5.69. The zero-order valence-electron chi connectivity index (χ0n) is 41.3. The minimum Gasteiger partial charge on any atom is -0.491 e. The molecule has 0 unspecified atom stereocenters. The number of nitrogens with zero attached hydrogens (tertiary/aromatic N) is 5. The fourth-order valence-electron chi connectivity index (χ4n) is 6.76. The maximum Gasteiger partial charge on any atom is 0.407 e. The number of amides is 2. The van der Waals surface area contributed by atoms with Gasteiger partial charge in [0, 0.05) is 25.2 Å². The van der Waals surface area contributed by atoms with Crippen LogP contribution in [0, 0.1) is 5.41 Å². The van der Waals surface area contributed by atoms with E-state index in [1.165, 1.54) is 5.56 Å². The third kappa shape index (κ3) is 23.6. The second-order valence-corrected chi connectivity index (χ2v) is 17.2. The molecule has 0 saturated carbocycles.